The number of piperidine rings is 1. The van der Waals surface area contributed by atoms with E-state index < -0.39 is 5.97 Å². The first-order valence-corrected chi connectivity index (χ1v) is 10.2. The fraction of sp³-hybridized carbons (Fsp3) is 0.300. The van der Waals surface area contributed by atoms with Crippen LogP contribution in [0.15, 0.2) is 41.8 Å². The molecule has 0 saturated carbocycles. The predicted molar refractivity (Wildman–Crippen MR) is 105 cm³/mol. The Balaban J connectivity index is 1.54. The molecule has 0 spiro atoms. The highest BCUT2D eigenvalue weighted by atomic mass is 32.1. The number of aromatic nitrogens is 3. The lowest BCUT2D eigenvalue weighted by atomic mass is 10.1. The van der Waals surface area contributed by atoms with E-state index in [0.29, 0.717) is 24.6 Å². The normalized spacial score (nSPS) is 14.0. The molecule has 9 heteroatoms. The fourth-order valence-corrected chi connectivity index (χ4v) is 3.85. The Bertz CT molecular complexity index is 995. The van der Waals surface area contributed by atoms with Crippen molar-refractivity contribution in [2.75, 3.05) is 19.7 Å². The van der Waals surface area contributed by atoms with Crippen LogP contribution in [0.3, 0.4) is 0 Å². The molecule has 1 amide bonds. The molecule has 0 unspecified atom stereocenters. The van der Waals surface area contributed by atoms with Gasteiger partial charge >= 0.3 is 5.97 Å². The first kappa shape index (κ1) is 19.3. The summed E-state index contributed by atoms with van der Waals surface area (Å²) in [6.07, 6.45) is 3.04. The Kier molecular flexibility index (Phi) is 5.66. The number of hydrogen-bond donors (Lipinski definition) is 0. The van der Waals surface area contributed by atoms with E-state index in [4.69, 9.17) is 4.74 Å². The molecule has 0 atom stereocenters. The number of halogens is 1. The lowest BCUT2D eigenvalue weighted by Crippen LogP contribution is -2.38. The molecular formula is C20H19FN4O3S. The number of rotatable bonds is 5. The van der Waals surface area contributed by atoms with Crippen LogP contribution in [-0.4, -0.2) is 51.2 Å². The van der Waals surface area contributed by atoms with Gasteiger partial charge in [-0.05, 0) is 55.0 Å². The average Bonchev–Trinajstić information content (AvgIpc) is 3.43. The standard InChI is InChI=1S/C20H19FN4O3S/c21-14-6-8-15(9-7-14)25-19(16-5-4-12-29-16)22-18(23-25)20(27)28-13-17(26)24-10-2-1-3-11-24/h4-9,12H,1-3,10-11,13H2. The van der Waals surface area contributed by atoms with Crippen molar-refractivity contribution in [1.82, 2.24) is 19.7 Å². The molecule has 4 rings (SSSR count). The third-order valence-electron chi connectivity index (χ3n) is 4.64. The van der Waals surface area contributed by atoms with Crippen molar-refractivity contribution >= 4 is 23.2 Å². The molecule has 7 nitrogen and oxygen atoms in total. The summed E-state index contributed by atoms with van der Waals surface area (Å²) in [6, 6.07) is 9.43. The number of carbonyl (C=O) groups is 2. The average molecular weight is 414 g/mol. The minimum Gasteiger partial charge on any atom is -0.450 e. The number of hydrogen-bond acceptors (Lipinski definition) is 6. The van der Waals surface area contributed by atoms with E-state index in [9.17, 15) is 14.0 Å². The summed E-state index contributed by atoms with van der Waals surface area (Å²) in [6.45, 7) is 1.05. The van der Waals surface area contributed by atoms with E-state index in [1.54, 1.807) is 17.0 Å². The zero-order valence-electron chi connectivity index (χ0n) is 15.6. The summed E-state index contributed by atoms with van der Waals surface area (Å²) >= 11 is 1.44. The molecular weight excluding hydrogens is 395 g/mol. The van der Waals surface area contributed by atoms with Gasteiger partial charge in [-0.3, -0.25) is 4.79 Å². The van der Waals surface area contributed by atoms with Gasteiger partial charge in [-0.2, -0.15) is 4.98 Å². The van der Waals surface area contributed by atoms with Gasteiger partial charge in [0.25, 0.3) is 11.7 Å². The van der Waals surface area contributed by atoms with E-state index in [0.717, 1.165) is 24.1 Å². The van der Waals surface area contributed by atoms with Crippen LogP contribution in [0.2, 0.25) is 0 Å². The molecule has 1 fully saturated rings. The molecule has 1 aliphatic heterocycles. The summed E-state index contributed by atoms with van der Waals surface area (Å²) in [7, 11) is 0. The molecule has 1 saturated heterocycles. The largest absolute Gasteiger partial charge is 0.450 e. The number of nitrogens with zero attached hydrogens (tertiary/aromatic N) is 4. The van der Waals surface area contributed by atoms with Gasteiger partial charge in [-0.25, -0.2) is 13.9 Å². The summed E-state index contributed by atoms with van der Waals surface area (Å²) < 4.78 is 19.9. The number of thiophene rings is 1. The van der Waals surface area contributed by atoms with Crippen LogP contribution >= 0.6 is 11.3 Å². The first-order valence-electron chi connectivity index (χ1n) is 9.33. The van der Waals surface area contributed by atoms with Crippen molar-refractivity contribution in [2.45, 2.75) is 19.3 Å². The van der Waals surface area contributed by atoms with Gasteiger partial charge in [-0.15, -0.1) is 16.4 Å². The first-order chi connectivity index (χ1) is 14.1. The van der Waals surface area contributed by atoms with Crippen molar-refractivity contribution in [3.8, 4) is 16.4 Å². The van der Waals surface area contributed by atoms with Crippen LogP contribution in [0.1, 0.15) is 29.9 Å². The minimum atomic E-state index is -0.769. The van der Waals surface area contributed by atoms with Crippen molar-refractivity contribution in [2.24, 2.45) is 0 Å². The molecule has 1 aromatic carbocycles. The number of amides is 1. The maximum Gasteiger partial charge on any atom is 0.378 e. The third-order valence-corrected chi connectivity index (χ3v) is 5.50. The second kappa shape index (κ2) is 8.52. The summed E-state index contributed by atoms with van der Waals surface area (Å²) in [5.41, 5.74) is 0.561. The molecule has 3 heterocycles. The second-order valence-corrected chi connectivity index (χ2v) is 7.59. The van der Waals surface area contributed by atoms with Gasteiger partial charge < -0.3 is 9.64 Å². The van der Waals surface area contributed by atoms with Crippen LogP contribution in [0.25, 0.3) is 16.4 Å². The van der Waals surface area contributed by atoms with E-state index in [-0.39, 0.29) is 24.2 Å². The molecule has 0 bridgehead atoms. The van der Waals surface area contributed by atoms with Crippen molar-refractivity contribution in [1.29, 1.82) is 0 Å². The van der Waals surface area contributed by atoms with Gasteiger partial charge in [0.1, 0.15) is 5.82 Å². The van der Waals surface area contributed by atoms with E-state index in [2.05, 4.69) is 10.1 Å². The molecule has 29 heavy (non-hydrogen) atoms. The molecule has 0 radical (unpaired) electrons. The highest BCUT2D eigenvalue weighted by Crippen LogP contribution is 2.25. The third kappa shape index (κ3) is 4.34. The molecule has 1 aliphatic rings. The highest BCUT2D eigenvalue weighted by Gasteiger charge is 2.23. The monoisotopic (exact) mass is 414 g/mol. The van der Waals surface area contributed by atoms with Gasteiger partial charge in [0.05, 0.1) is 10.6 Å². The van der Waals surface area contributed by atoms with Gasteiger partial charge in [0, 0.05) is 13.1 Å². The van der Waals surface area contributed by atoms with E-state index in [1.165, 1.54) is 28.2 Å². The smallest absolute Gasteiger partial charge is 0.378 e. The van der Waals surface area contributed by atoms with Gasteiger partial charge in [0.15, 0.2) is 12.4 Å². The zero-order chi connectivity index (χ0) is 20.2. The Morgan fingerprint density at radius 2 is 1.86 bits per heavy atom. The number of likely N-dealkylation sites (tertiary alicyclic amines) is 1. The zero-order valence-corrected chi connectivity index (χ0v) is 16.4. The Morgan fingerprint density at radius 1 is 1.10 bits per heavy atom. The number of ether oxygens (including phenoxy) is 1. The summed E-state index contributed by atoms with van der Waals surface area (Å²) in [5, 5.41) is 6.13. The maximum atomic E-state index is 13.3. The maximum absolute atomic E-state index is 13.3. The lowest BCUT2D eigenvalue weighted by Gasteiger charge is -2.26. The van der Waals surface area contributed by atoms with E-state index >= 15 is 0 Å². The van der Waals surface area contributed by atoms with Crippen LogP contribution in [0.4, 0.5) is 4.39 Å². The minimum absolute atomic E-state index is 0.149. The highest BCUT2D eigenvalue weighted by molar-refractivity contribution is 7.13. The van der Waals surface area contributed by atoms with Crippen LogP contribution in [0, 0.1) is 5.82 Å². The van der Waals surface area contributed by atoms with Crippen molar-refractivity contribution in [3.05, 3.63) is 53.4 Å². The molecule has 3 aromatic rings. The topological polar surface area (TPSA) is 77.3 Å². The lowest BCUT2D eigenvalue weighted by molar-refractivity contribution is -0.135. The second-order valence-electron chi connectivity index (χ2n) is 6.64. The molecule has 150 valence electrons. The number of benzene rings is 1. The van der Waals surface area contributed by atoms with Crippen molar-refractivity contribution < 1.29 is 18.7 Å². The number of esters is 1. The van der Waals surface area contributed by atoms with Gasteiger partial charge in [0.2, 0.25) is 0 Å². The fourth-order valence-electron chi connectivity index (χ4n) is 3.15. The molecule has 2 aromatic heterocycles. The van der Waals surface area contributed by atoms with Crippen LogP contribution in [0.5, 0.6) is 0 Å². The van der Waals surface area contributed by atoms with Gasteiger partial charge in [-0.1, -0.05) is 6.07 Å². The molecule has 0 N–H and O–H groups in total. The summed E-state index contributed by atoms with van der Waals surface area (Å²) in [5.74, 6) is -1.06. The Hall–Kier alpha value is -3.07. The molecule has 0 aliphatic carbocycles. The van der Waals surface area contributed by atoms with E-state index in [1.807, 2.05) is 17.5 Å². The van der Waals surface area contributed by atoms with Crippen molar-refractivity contribution in [3.63, 3.8) is 0 Å². The predicted octanol–water partition coefficient (Wildman–Crippen LogP) is 3.30. The Labute approximate surface area is 170 Å². The SMILES string of the molecule is O=C(OCC(=O)N1CCCCC1)c1nc(-c2cccs2)n(-c2ccc(F)cc2)n1. The Morgan fingerprint density at radius 3 is 2.55 bits per heavy atom. The quantitative estimate of drug-likeness (QED) is 0.599. The summed E-state index contributed by atoms with van der Waals surface area (Å²) in [4.78, 5) is 31.5. The van der Waals surface area contributed by atoms with Crippen LogP contribution in [-0.2, 0) is 9.53 Å². The van der Waals surface area contributed by atoms with Crippen LogP contribution < -0.4 is 0 Å². The number of carbonyl (C=O) groups excluding carboxylic acids is 2.